The average molecular weight is 338 g/mol. The maximum absolute atomic E-state index is 12.8. The molecule has 1 aromatic carbocycles. The molecular weight excluding hydrogens is 329 g/mol. The fraction of sp³-hybridized carbons (Fsp3) is 0.0667. The number of benzene rings is 1. The van der Waals surface area contributed by atoms with Crippen LogP contribution in [0.4, 0.5) is 13.2 Å². The SMILES string of the molecule is O=C(O)c1[nH]c2cccnc2c1Sc1cccc(C(F)(F)F)c1. The summed E-state index contributed by atoms with van der Waals surface area (Å²) in [7, 11) is 0. The van der Waals surface area contributed by atoms with Gasteiger partial charge in [-0.3, -0.25) is 4.98 Å². The van der Waals surface area contributed by atoms with Crippen LogP contribution in [0.15, 0.2) is 52.4 Å². The van der Waals surface area contributed by atoms with Gasteiger partial charge in [-0.25, -0.2) is 4.79 Å². The molecule has 23 heavy (non-hydrogen) atoms. The molecule has 0 amide bonds. The first-order valence-corrected chi connectivity index (χ1v) is 7.23. The van der Waals surface area contributed by atoms with Crippen LogP contribution in [0.25, 0.3) is 11.0 Å². The Kier molecular flexibility index (Phi) is 3.77. The molecule has 0 unspecified atom stereocenters. The van der Waals surface area contributed by atoms with Crippen molar-refractivity contribution in [2.24, 2.45) is 0 Å². The Bertz CT molecular complexity index is 890. The normalized spacial score (nSPS) is 11.8. The van der Waals surface area contributed by atoms with Crippen LogP contribution >= 0.6 is 11.8 Å². The molecule has 0 fully saturated rings. The van der Waals surface area contributed by atoms with Crippen LogP contribution in [0.5, 0.6) is 0 Å². The van der Waals surface area contributed by atoms with Gasteiger partial charge in [-0.15, -0.1) is 0 Å². The molecule has 0 saturated heterocycles. The molecular formula is C15H9F3N2O2S. The van der Waals surface area contributed by atoms with Crippen molar-refractivity contribution >= 4 is 28.8 Å². The quantitative estimate of drug-likeness (QED) is 0.741. The van der Waals surface area contributed by atoms with E-state index in [1.165, 1.54) is 18.3 Å². The van der Waals surface area contributed by atoms with Gasteiger partial charge in [-0.1, -0.05) is 17.8 Å². The second kappa shape index (κ2) is 5.62. The number of aromatic amines is 1. The van der Waals surface area contributed by atoms with Gasteiger partial charge in [0.2, 0.25) is 0 Å². The highest BCUT2D eigenvalue weighted by Gasteiger charge is 2.30. The summed E-state index contributed by atoms with van der Waals surface area (Å²) in [5.41, 5.74) is 0.0416. The Hall–Kier alpha value is -2.48. The third-order valence-electron chi connectivity index (χ3n) is 3.10. The van der Waals surface area contributed by atoms with E-state index in [2.05, 4.69) is 9.97 Å². The molecule has 4 nitrogen and oxygen atoms in total. The Morgan fingerprint density at radius 1 is 1.22 bits per heavy atom. The number of fused-ring (bicyclic) bond motifs is 1. The van der Waals surface area contributed by atoms with Gasteiger partial charge in [0.25, 0.3) is 0 Å². The second-order valence-electron chi connectivity index (χ2n) is 4.66. The van der Waals surface area contributed by atoms with E-state index in [1.807, 2.05) is 0 Å². The number of alkyl halides is 3. The second-order valence-corrected chi connectivity index (χ2v) is 5.75. The molecule has 2 aromatic heterocycles. The number of pyridine rings is 1. The number of carboxylic acid groups (broad SMARTS) is 1. The molecule has 0 radical (unpaired) electrons. The number of aromatic carboxylic acids is 1. The van der Waals surface area contributed by atoms with Gasteiger partial charge < -0.3 is 10.1 Å². The van der Waals surface area contributed by atoms with E-state index in [1.54, 1.807) is 12.1 Å². The van der Waals surface area contributed by atoms with Gasteiger partial charge in [0.15, 0.2) is 0 Å². The Labute approximate surface area is 132 Å². The van der Waals surface area contributed by atoms with Crippen LogP contribution < -0.4 is 0 Å². The van der Waals surface area contributed by atoms with Crippen LogP contribution in [-0.2, 0) is 6.18 Å². The van der Waals surface area contributed by atoms with E-state index < -0.39 is 17.7 Å². The van der Waals surface area contributed by atoms with Gasteiger partial charge >= 0.3 is 12.1 Å². The number of halogens is 3. The first-order valence-electron chi connectivity index (χ1n) is 6.41. The topological polar surface area (TPSA) is 66.0 Å². The zero-order valence-corrected chi connectivity index (χ0v) is 12.2. The number of nitrogens with one attached hydrogen (secondary N) is 1. The van der Waals surface area contributed by atoms with E-state index in [-0.39, 0.29) is 15.5 Å². The third-order valence-corrected chi connectivity index (χ3v) is 4.20. The molecule has 0 aliphatic heterocycles. The molecule has 3 rings (SSSR count). The summed E-state index contributed by atoms with van der Waals surface area (Å²) < 4.78 is 38.4. The van der Waals surface area contributed by atoms with E-state index >= 15 is 0 Å². The van der Waals surface area contributed by atoms with Crippen LogP contribution in [0, 0.1) is 0 Å². The van der Waals surface area contributed by atoms with Crippen LogP contribution in [0.3, 0.4) is 0 Å². The van der Waals surface area contributed by atoms with Crippen molar-refractivity contribution in [1.29, 1.82) is 0 Å². The summed E-state index contributed by atoms with van der Waals surface area (Å²) in [6, 6.07) is 8.03. The van der Waals surface area contributed by atoms with Gasteiger partial charge in [0.1, 0.15) is 11.2 Å². The highest BCUT2D eigenvalue weighted by atomic mass is 32.2. The standard InChI is InChI=1S/C15H9F3N2O2S/c16-15(17,18)8-3-1-4-9(7-8)23-13-11-10(5-2-6-19-11)20-12(13)14(21)22/h1-7,20H,(H,21,22). The van der Waals surface area contributed by atoms with Gasteiger partial charge in [0.05, 0.1) is 16.0 Å². The van der Waals surface area contributed by atoms with Crippen LogP contribution in [-0.4, -0.2) is 21.0 Å². The zero-order valence-electron chi connectivity index (χ0n) is 11.4. The number of H-pyrrole nitrogens is 1. The minimum atomic E-state index is -4.45. The smallest absolute Gasteiger partial charge is 0.416 e. The third kappa shape index (κ3) is 3.02. The van der Waals surface area contributed by atoms with E-state index in [4.69, 9.17) is 0 Å². The van der Waals surface area contributed by atoms with Gasteiger partial charge in [-0.2, -0.15) is 13.2 Å². The van der Waals surface area contributed by atoms with E-state index in [9.17, 15) is 23.1 Å². The predicted molar refractivity (Wildman–Crippen MR) is 78.6 cm³/mol. The highest BCUT2D eigenvalue weighted by Crippen LogP contribution is 2.38. The maximum atomic E-state index is 12.8. The fourth-order valence-electron chi connectivity index (χ4n) is 2.10. The highest BCUT2D eigenvalue weighted by molar-refractivity contribution is 7.99. The van der Waals surface area contributed by atoms with Crippen molar-refractivity contribution in [2.45, 2.75) is 16.0 Å². The molecule has 3 aromatic rings. The molecule has 0 bridgehead atoms. The van der Waals surface area contributed by atoms with E-state index in [0.29, 0.717) is 11.0 Å². The molecule has 0 aliphatic carbocycles. The lowest BCUT2D eigenvalue weighted by molar-refractivity contribution is -0.137. The van der Waals surface area contributed by atoms with Crippen LogP contribution in [0.2, 0.25) is 0 Å². The Morgan fingerprint density at radius 3 is 2.70 bits per heavy atom. The maximum Gasteiger partial charge on any atom is 0.416 e. The Morgan fingerprint density at radius 2 is 2.00 bits per heavy atom. The molecule has 2 heterocycles. The molecule has 0 spiro atoms. The minimum absolute atomic E-state index is 0.0962. The van der Waals surface area contributed by atoms with Crippen molar-refractivity contribution in [1.82, 2.24) is 9.97 Å². The van der Waals surface area contributed by atoms with Crippen molar-refractivity contribution in [3.8, 4) is 0 Å². The Balaban J connectivity index is 2.08. The summed E-state index contributed by atoms with van der Waals surface area (Å²) in [6.45, 7) is 0. The number of rotatable bonds is 3. The average Bonchev–Trinajstić information content (AvgIpc) is 2.86. The summed E-state index contributed by atoms with van der Waals surface area (Å²) in [6.07, 6.45) is -2.96. The molecule has 2 N–H and O–H groups in total. The van der Waals surface area contributed by atoms with Crippen molar-refractivity contribution in [3.63, 3.8) is 0 Å². The monoisotopic (exact) mass is 338 g/mol. The first kappa shape index (κ1) is 15.4. The molecule has 0 aliphatic rings. The first-order chi connectivity index (χ1) is 10.9. The molecule has 0 saturated carbocycles. The van der Waals surface area contributed by atoms with Crippen molar-refractivity contribution in [2.75, 3.05) is 0 Å². The lowest BCUT2D eigenvalue weighted by atomic mass is 10.2. The van der Waals surface area contributed by atoms with E-state index in [0.717, 1.165) is 23.9 Å². The number of hydrogen-bond acceptors (Lipinski definition) is 3. The minimum Gasteiger partial charge on any atom is -0.477 e. The summed E-state index contributed by atoms with van der Waals surface area (Å²) in [5, 5.41) is 9.28. The lowest BCUT2D eigenvalue weighted by Gasteiger charge is -2.08. The van der Waals surface area contributed by atoms with Crippen LogP contribution in [0.1, 0.15) is 16.1 Å². The number of carboxylic acids is 1. The number of carbonyl (C=O) groups is 1. The lowest BCUT2D eigenvalue weighted by Crippen LogP contribution is -2.04. The summed E-state index contributed by atoms with van der Waals surface area (Å²) in [5.74, 6) is -1.20. The zero-order chi connectivity index (χ0) is 16.6. The number of aromatic nitrogens is 2. The summed E-state index contributed by atoms with van der Waals surface area (Å²) in [4.78, 5) is 18.8. The van der Waals surface area contributed by atoms with Crippen molar-refractivity contribution < 1.29 is 23.1 Å². The predicted octanol–water partition coefficient (Wildman–Crippen LogP) is 4.43. The van der Waals surface area contributed by atoms with Gasteiger partial charge in [-0.05, 0) is 30.3 Å². The molecule has 118 valence electrons. The summed E-state index contributed by atoms with van der Waals surface area (Å²) >= 11 is 0.934. The van der Waals surface area contributed by atoms with Crippen molar-refractivity contribution in [3.05, 3.63) is 53.9 Å². The molecule has 8 heteroatoms. The molecule has 0 atom stereocenters. The largest absolute Gasteiger partial charge is 0.477 e. The number of hydrogen-bond donors (Lipinski definition) is 2. The fourth-order valence-corrected chi connectivity index (χ4v) is 3.17. The number of nitrogens with zero attached hydrogens (tertiary/aromatic N) is 1. The van der Waals surface area contributed by atoms with Gasteiger partial charge in [0, 0.05) is 11.1 Å².